The summed E-state index contributed by atoms with van der Waals surface area (Å²) in [7, 11) is 0. The molecule has 11 heavy (non-hydrogen) atoms. The highest BCUT2D eigenvalue weighted by atomic mass is 32.1. The van der Waals surface area contributed by atoms with Crippen molar-refractivity contribution in [2.75, 3.05) is 6.61 Å². The highest BCUT2D eigenvalue weighted by Gasteiger charge is 2.39. The fourth-order valence-electron chi connectivity index (χ4n) is 1.56. The number of hydrogen-bond donors (Lipinski definition) is 1. The lowest BCUT2D eigenvalue weighted by atomic mass is 9.69. The zero-order valence-corrected chi connectivity index (χ0v) is 7.10. The van der Waals surface area contributed by atoms with E-state index in [-0.39, 0.29) is 12.0 Å². The fourth-order valence-corrected chi connectivity index (χ4v) is 2.44. The van der Waals surface area contributed by atoms with Gasteiger partial charge >= 0.3 is 0 Å². The lowest BCUT2D eigenvalue weighted by Crippen LogP contribution is -2.36. The molecule has 1 heterocycles. The third kappa shape index (κ3) is 0.993. The van der Waals surface area contributed by atoms with Crippen molar-refractivity contribution in [1.82, 2.24) is 4.98 Å². The Balaban J connectivity index is 2.25. The fraction of sp³-hybridized carbons (Fsp3) is 0.625. The minimum atomic E-state index is 0.0984. The van der Waals surface area contributed by atoms with Crippen LogP contribution in [0.5, 0.6) is 0 Å². The van der Waals surface area contributed by atoms with Gasteiger partial charge < -0.3 is 5.11 Å². The lowest BCUT2D eigenvalue weighted by Gasteiger charge is -2.39. The molecule has 0 radical (unpaired) electrons. The SMILES string of the molecule is OCC1(c2cncs2)CCC1. The topological polar surface area (TPSA) is 33.1 Å². The highest BCUT2D eigenvalue weighted by molar-refractivity contribution is 7.09. The number of rotatable bonds is 2. The summed E-state index contributed by atoms with van der Waals surface area (Å²) in [4.78, 5) is 5.28. The molecule has 0 amide bonds. The number of aliphatic hydroxyl groups excluding tert-OH is 1. The van der Waals surface area contributed by atoms with E-state index in [4.69, 9.17) is 0 Å². The molecule has 1 aliphatic carbocycles. The quantitative estimate of drug-likeness (QED) is 0.728. The van der Waals surface area contributed by atoms with Crippen molar-refractivity contribution >= 4 is 11.3 Å². The molecule has 0 spiro atoms. The largest absolute Gasteiger partial charge is 0.395 e. The lowest BCUT2D eigenvalue weighted by molar-refractivity contribution is 0.123. The van der Waals surface area contributed by atoms with Crippen molar-refractivity contribution < 1.29 is 5.11 Å². The van der Waals surface area contributed by atoms with Crippen LogP contribution in [-0.2, 0) is 5.41 Å². The van der Waals surface area contributed by atoms with E-state index in [2.05, 4.69) is 4.98 Å². The molecule has 0 aromatic carbocycles. The first-order valence-corrected chi connectivity index (χ1v) is 4.75. The van der Waals surface area contributed by atoms with E-state index in [1.165, 1.54) is 11.3 Å². The first kappa shape index (κ1) is 7.25. The first-order chi connectivity index (χ1) is 5.37. The number of thiazole rings is 1. The van der Waals surface area contributed by atoms with Crippen molar-refractivity contribution in [3.8, 4) is 0 Å². The first-order valence-electron chi connectivity index (χ1n) is 3.87. The third-order valence-electron chi connectivity index (χ3n) is 2.57. The van der Waals surface area contributed by atoms with Gasteiger partial charge in [0, 0.05) is 16.5 Å². The summed E-state index contributed by atoms with van der Waals surface area (Å²) in [5, 5.41) is 9.19. The van der Waals surface area contributed by atoms with Gasteiger partial charge in [0.1, 0.15) is 0 Å². The molecule has 3 heteroatoms. The third-order valence-corrected chi connectivity index (χ3v) is 3.59. The molecule has 1 N–H and O–H groups in total. The van der Waals surface area contributed by atoms with Gasteiger partial charge in [0.05, 0.1) is 12.1 Å². The molecule has 1 aromatic rings. The van der Waals surface area contributed by atoms with Crippen LogP contribution in [0.1, 0.15) is 24.1 Å². The molecule has 0 aliphatic heterocycles. The smallest absolute Gasteiger partial charge is 0.0794 e. The minimum Gasteiger partial charge on any atom is -0.395 e. The monoisotopic (exact) mass is 169 g/mol. The van der Waals surface area contributed by atoms with Gasteiger partial charge in [-0.25, -0.2) is 0 Å². The predicted octanol–water partition coefficient (Wildman–Crippen LogP) is 1.56. The van der Waals surface area contributed by atoms with Gasteiger partial charge in [0.15, 0.2) is 0 Å². The maximum absolute atomic E-state index is 9.19. The summed E-state index contributed by atoms with van der Waals surface area (Å²) in [6.07, 6.45) is 5.40. The molecular weight excluding hydrogens is 158 g/mol. The van der Waals surface area contributed by atoms with Gasteiger partial charge in [-0.15, -0.1) is 11.3 Å². The van der Waals surface area contributed by atoms with Crippen molar-refractivity contribution in [3.63, 3.8) is 0 Å². The summed E-state index contributed by atoms with van der Waals surface area (Å²) in [5.74, 6) is 0. The standard InChI is InChI=1S/C8H11NOS/c10-5-8(2-1-3-8)7-4-9-6-11-7/h4,6,10H,1-3,5H2. The second-order valence-corrected chi connectivity index (χ2v) is 4.04. The Hall–Kier alpha value is -0.410. The minimum absolute atomic E-state index is 0.0984. The van der Waals surface area contributed by atoms with Gasteiger partial charge in [-0.05, 0) is 12.8 Å². The van der Waals surface area contributed by atoms with Crippen LogP contribution in [0.2, 0.25) is 0 Å². The van der Waals surface area contributed by atoms with Gasteiger partial charge in [-0.1, -0.05) is 6.42 Å². The van der Waals surface area contributed by atoms with E-state index in [1.54, 1.807) is 11.3 Å². The zero-order chi connectivity index (χ0) is 7.73. The molecule has 0 atom stereocenters. The van der Waals surface area contributed by atoms with Crippen LogP contribution in [0.3, 0.4) is 0 Å². The van der Waals surface area contributed by atoms with E-state index in [0.717, 1.165) is 12.8 Å². The maximum Gasteiger partial charge on any atom is 0.0794 e. The number of aliphatic hydroxyl groups is 1. The molecule has 2 nitrogen and oxygen atoms in total. The Morgan fingerprint density at radius 2 is 2.45 bits per heavy atom. The molecular formula is C8H11NOS. The summed E-state index contributed by atoms with van der Waals surface area (Å²) in [6.45, 7) is 0.287. The predicted molar refractivity (Wildman–Crippen MR) is 44.7 cm³/mol. The van der Waals surface area contributed by atoms with Crippen molar-refractivity contribution in [3.05, 3.63) is 16.6 Å². The summed E-state index contributed by atoms with van der Waals surface area (Å²) < 4.78 is 0. The number of hydrogen-bond acceptors (Lipinski definition) is 3. The van der Waals surface area contributed by atoms with Gasteiger partial charge in [0.2, 0.25) is 0 Å². The summed E-state index contributed by atoms with van der Waals surface area (Å²) >= 11 is 1.66. The normalized spacial score (nSPS) is 21.2. The van der Waals surface area contributed by atoms with E-state index in [9.17, 15) is 5.11 Å². The van der Waals surface area contributed by atoms with Crippen molar-refractivity contribution in [1.29, 1.82) is 0 Å². The van der Waals surface area contributed by atoms with E-state index in [1.807, 2.05) is 11.7 Å². The van der Waals surface area contributed by atoms with Crippen LogP contribution >= 0.6 is 11.3 Å². The Kier molecular flexibility index (Phi) is 1.69. The Bertz CT molecular complexity index is 223. The zero-order valence-electron chi connectivity index (χ0n) is 6.29. The average Bonchev–Trinajstić information content (AvgIpc) is 2.39. The van der Waals surface area contributed by atoms with E-state index < -0.39 is 0 Å². The summed E-state index contributed by atoms with van der Waals surface area (Å²) in [6, 6.07) is 0. The maximum atomic E-state index is 9.19. The van der Waals surface area contributed by atoms with Crippen LogP contribution in [0.4, 0.5) is 0 Å². The molecule has 1 saturated carbocycles. The number of aromatic nitrogens is 1. The van der Waals surface area contributed by atoms with Crippen LogP contribution in [0.25, 0.3) is 0 Å². The van der Waals surface area contributed by atoms with Crippen molar-refractivity contribution in [2.45, 2.75) is 24.7 Å². The molecule has 2 rings (SSSR count). The van der Waals surface area contributed by atoms with Crippen LogP contribution in [-0.4, -0.2) is 16.7 Å². The van der Waals surface area contributed by atoms with Gasteiger partial charge in [0.25, 0.3) is 0 Å². The Labute approximate surface area is 69.9 Å². The van der Waals surface area contributed by atoms with Crippen LogP contribution < -0.4 is 0 Å². The van der Waals surface area contributed by atoms with Crippen LogP contribution in [0, 0.1) is 0 Å². The number of nitrogens with zero attached hydrogens (tertiary/aromatic N) is 1. The molecule has 1 aromatic heterocycles. The Morgan fingerprint density at radius 1 is 1.64 bits per heavy atom. The van der Waals surface area contributed by atoms with E-state index in [0.29, 0.717) is 0 Å². The average molecular weight is 169 g/mol. The molecule has 0 saturated heterocycles. The molecule has 1 fully saturated rings. The highest BCUT2D eigenvalue weighted by Crippen LogP contribution is 2.44. The molecule has 60 valence electrons. The van der Waals surface area contributed by atoms with Crippen LogP contribution in [0.15, 0.2) is 11.7 Å². The molecule has 1 aliphatic rings. The molecule has 0 unspecified atom stereocenters. The second-order valence-electron chi connectivity index (χ2n) is 3.16. The van der Waals surface area contributed by atoms with Gasteiger partial charge in [-0.2, -0.15) is 0 Å². The second kappa shape index (κ2) is 2.57. The van der Waals surface area contributed by atoms with Crippen molar-refractivity contribution in [2.24, 2.45) is 0 Å². The van der Waals surface area contributed by atoms with Gasteiger partial charge in [-0.3, -0.25) is 4.98 Å². The Morgan fingerprint density at radius 3 is 2.82 bits per heavy atom. The summed E-state index contributed by atoms with van der Waals surface area (Å²) in [5.41, 5.74) is 1.94. The van der Waals surface area contributed by atoms with E-state index >= 15 is 0 Å². The molecule has 0 bridgehead atoms.